The Hall–Kier alpha value is -1.62. The number of nitrogens with zero attached hydrogens (tertiary/aromatic N) is 2. The van der Waals surface area contributed by atoms with Crippen LogP contribution in [-0.4, -0.2) is 80.3 Å². The lowest BCUT2D eigenvalue weighted by Gasteiger charge is -2.26. The quantitative estimate of drug-likeness (QED) is 0.673. The number of hydrogen-bond donors (Lipinski definition) is 1. The van der Waals surface area contributed by atoms with Crippen molar-refractivity contribution in [3.63, 3.8) is 0 Å². The Morgan fingerprint density at radius 2 is 1.70 bits per heavy atom. The number of carbonyl (C=O) groups excluding carboxylic acids is 2. The molecular formula is C20H29N3O5S2. The number of morpholine rings is 1. The van der Waals surface area contributed by atoms with Crippen molar-refractivity contribution in [2.45, 2.75) is 30.6 Å². The molecule has 0 aliphatic carbocycles. The fraction of sp³-hybridized carbons (Fsp3) is 0.600. The summed E-state index contributed by atoms with van der Waals surface area (Å²) in [6, 6.07) is 6.37. The van der Waals surface area contributed by atoms with Gasteiger partial charge < -0.3 is 15.0 Å². The predicted octanol–water partition coefficient (Wildman–Crippen LogP) is 1.78. The molecule has 3 rings (SSSR count). The Morgan fingerprint density at radius 3 is 2.40 bits per heavy atom. The minimum Gasteiger partial charge on any atom is -0.378 e. The molecule has 1 N–H and O–H groups in total. The second-order valence-electron chi connectivity index (χ2n) is 7.38. The fourth-order valence-electron chi connectivity index (χ4n) is 3.50. The van der Waals surface area contributed by atoms with Crippen molar-refractivity contribution in [3.8, 4) is 0 Å². The van der Waals surface area contributed by atoms with Crippen LogP contribution in [0, 0.1) is 0 Å². The van der Waals surface area contributed by atoms with E-state index in [1.165, 1.54) is 22.1 Å². The number of amides is 2. The lowest BCUT2D eigenvalue weighted by Crippen LogP contribution is -2.41. The van der Waals surface area contributed by atoms with E-state index in [1.807, 2.05) is 0 Å². The molecule has 2 aliphatic heterocycles. The molecule has 30 heavy (non-hydrogen) atoms. The molecule has 0 unspecified atom stereocenters. The van der Waals surface area contributed by atoms with Crippen molar-refractivity contribution in [3.05, 3.63) is 24.3 Å². The monoisotopic (exact) mass is 455 g/mol. The van der Waals surface area contributed by atoms with Crippen LogP contribution in [0.5, 0.6) is 0 Å². The van der Waals surface area contributed by atoms with E-state index < -0.39 is 10.0 Å². The van der Waals surface area contributed by atoms with Crippen molar-refractivity contribution >= 4 is 39.3 Å². The highest BCUT2D eigenvalue weighted by atomic mass is 32.2. The topological polar surface area (TPSA) is 96.0 Å². The number of nitrogens with one attached hydrogen (secondary N) is 1. The van der Waals surface area contributed by atoms with Gasteiger partial charge in [-0.2, -0.15) is 4.31 Å². The Kier molecular flexibility index (Phi) is 8.55. The third-order valence-electron chi connectivity index (χ3n) is 5.14. The standard InChI is InChI=1S/C20H29N3O5S2/c24-19(15-29-16-20(25)22-10-12-28-13-11-22)21-17-6-5-7-18(14-17)30(26,27)23-8-3-1-2-4-9-23/h5-7,14H,1-4,8-13,15-16H2,(H,21,24). The molecule has 0 bridgehead atoms. The van der Waals surface area contributed by atoms with Gasteiger partial charge in [0.05, 0.1) is 29.6 Å². The summed E-state index contributed by atoms with van der Waals surface area (Å²) in [6.07, 6.45) is 3.84. The van der Waals surface area contributed by atoms with Gasteiger partial charge in [-0.15, -0.1) is 11.8 Å². The highest BCUT2D eigenvalue weighted by Crippen LogP contribution is 2.22. The van der Waals surface area contributed by atoms with Gasteiger partial charge in [-0.25, -0.2) is 8.42 Å². The molecule has 2 aliphatic rings. The summed E-state index contributed by atoms with van der Waals surface area (Å²) in [5.74, 6) is 0.0939. The largest absolute Gasteiger partial charge is 0.378 e. The van der Waals surface area contributed by atoms with Crippen LogP contribution in [0.25, 0.3) is 0 Å². The molecule has 1 aromatic rings. The summed E-state index contributed by atoms with van der Waals surface area (Å²) in [6.45, 7) is 3.34. The van der Waals surface area contributed by atoms with Crippen LogP contribution in [-0.2, 0) is 24.3 Å². The van der Waals surface area contributed by atoms with Crippen molar-refractivity contribution in [2.24, 2.45) is 0 Å². The Balaban J connectivity index is 1.51. The lowest BCUT2D eigenvalue weighted by molar-refractivity contribution is -0.132. The summed E-state index contributed by atoms with van der Waals surface area (Å²) in [5.41, 5.74) is 0.441. The third-order valence-corrected chi connectivity index (χ3v) is 7.96. The average molecular weight is 456 g/mol. The number of ether oxygens (including phenoxy) is 1. The maximum Gasteiger partial charge on any atom is 0.243 e. The van der Waals surface area contributed by atoms with Gasteiger partial charge in [0.2, 0.25) is 21.8 Å². The zero-order chi connectivity index (χ0) is 21.4. The molecule has 0 spiro atoms. The molecule has 2 amide bonds. The fourth-order valence-corrected chi connectivity index (χ4v) is 5.78. The van der Waals surface area contributed by atoms with Gasteiger partial charge >= 0.3 is 0 Å². The summed E-state index contributed by atoms with van der Waals surface area (Å²) in [4.78, 5) is 26.3. The van der Waals surface area contributed by atoms with Gasteiger partial charge in [0, 0.05) is 31.9 Å². The molecule has 0 atom stereocenters. The molecular weight excluding hydrogens is 426 g/mol. The van der Waals surface area contributed by atoms with E-state index in [-0.39, 0.29) is 28.2 Å². The molecule has 166 valence electrons. The number of sulfonamides is 1. The highest BCUT2D eigenvalue weighted by Gasteiger charge is 2.25. The second-order valence-corrected chi connectivity index (χ2v) is 10.3. The van der Waals surface area contributed by atoms with Crippen LogP contribution in [0.15, 0.2) is 29.2 Å². The van der Waals surface area contributed by atoms with E-state index >= 15 is 0 Å². The van der Waals surface area contributed by atoms with Gasteiger partial charge in [-0.3, -0.25) is 9.59 Å². The number of anilines is 1. The minimum absolute atomic E-state index is 0.00152. The first kappa shape index (κ1) is 23.1. The molecule has 8 nitrogen and oxygen atoms in total. The minimum atomic E-state index is -3.57. The van der Waals surface area contributed by atoms with E-state index in [0.29, 0.717) is 45.1 Å². The maximum atomic E-state index is 12.9. The van der Waals surface area contributed by atoms with Gasteiger partial charge in [0.1, 0.15) is 0 Å². The zero-order valence-electron chi connectivity index (χ0n) is 17.0. The number of hydrogen-bond acceptors (Lipinski definition) is 6. The number of carbonyl (C=O) groups is 2. The number of rotatable bonds is 7. The molecule has 2 fully saturated rings. The first-order valence-corrected chi connectivity index (χ1v) is 12.9. The molecule has 1 aromatic carbocycles. The van der Waals surface area contributed by atoms with Crippen molar-refractivity contribution < 1.29 is 22.7 Å². The van der Waals surface area contributed by atoms with Gasteiger partial charge in [0.15, 0.2) is 0 Å². The Bertz CT molecular complexity index is 833. The van der Waals surface area contributed by atoms with Gasteiger partial charge in [-0.05, 0) is 31.0 Å². The highest BCUT2D eigenvalue weighted by molar-refractivity contribution is 8.00. The zero-order valence-corrected chi connectivity index (χ0v) is 18.7. The molecule has 0 saturated carbocycles. The SMILES string of the molecule is O=C(CSCC(=O)N1CCOCC1)Nc1cccc(S(=O)(=O)N2CCCCCC2)c1. The van der Waals surface area contributed by atoms with Crippen LogP contribution in [0.1, 0.15) is 25.7 Å². The average Bonchev–Trinajstić information content (AvgIpc) is 3.05. The van der Waals surface area contributed by atoms with Crippen LogP contribution < -0.4 is 5.32 Å². The summed E-state index contributed by atoms with van der Waals surface area (Å²) < 4.78 is 32.6. The van der Waals surface area contributed by atoms with Crippen LogP contribution in [0.2, 0.25) is 0 Å². The van der Waals surface area contributed by atoms with Crippen molar-refractivity contribution in [1.82, 2.24) is 9.21 Å². The Morgan fingerprint density at radius 1 is 1.00 bits per heavy atom. The van der Waals surface area contributed by atoms with E-state index in [0.717, 1.165) is 25.7 Å². The summed E-state index contributed by atoms with van der Waals surface area (Å²) in [5, 5.41) is 2.74. The number of thioether (sulfide) groups is 1. The van der Waals surface area contributed by atoms with E-state index in [2.05, 4.69) is 5.32 Å². The lowest BCUT2D eigenvalue weighted by atomic mass is 10.2. The summed E-state index contributed by atoms with van der Waals surface area (Å²) >= 11 is 1.25. The molecule has 2 heterocycles. The Labute approximate surface area is 182 Å². The normalized spacial score (nSPS) is 18.6. The number of benzene rings is 1. The van der Waals surface area contributed by atoms with E-state index in [9.17, 15) is 18.0 Å². The van der Waals surface area contributed by atoms with Crippen molar-refractivity contribution in [1.29, 1.82) is 0 Å². The first-order valence-electron chi connectivity index (χ1n) is 10.3. The van der Waals surface area contributed by atoms with E-state index in [4.69, 9.17) is 4.74 Å². The summed E-state index contributed by atoms with van der Waals surface area (Å²) in [7, 11) is -3.57. The second kappa shape index (κ2) is 11.1. The van der Waals surface area contributed by atoms with Crippen LogP contribution in [0.3, 0.4) is 0 Å². The smallest absolute Gasteiger partial charge is 0.243 e. The first-order chi connectivity index (χ1) is 14.5. The van der Waals surface area contributed by atoms with E-state index in [1.54, 1.807) is 23.1 Å². The van der Waals surface area contributed by atoms with Crippen LogP contribution >= 0.6 is 11.8 Å². The maximum absolute atomic E-state index is 12.9. The van der Waals surface area contributed by atoms with Crippen LogP contribution in [0.4, 0.5) is 5.69 Å². The third kappa shape index (κ3) is 6.44. The molecule has 10 heteroatoms. The van der Waals surface area contributed by atoms with Gasteiger partial charge in [0.25, 0.3) is 0 Å². The predicted molar refractivity (Wildman–Crippen MR) is 117 cm³/mol. The molecule has 2 saturated heterocycles. The van der Waals surface area contributed by atoms with Gasteiger partial charge in [-0.1, -0.05) is 18.9 Å². The van der Waals surface area contributed by atoms with Crippen molar-refractivity contribution in [2.75, 3.05) is 56.2 Å². The molecule has 0 radical (unpaired) electrons. The molecule has 0 aromatic heterocycles.